The predicted octanol–water partition coefficient (Wildman–Crippen LogP) is 1.65. The quantitative estimate of drug-likeness (QED) is 0.664. The second-order valence-electron chi connectivity index (χ2n) is 6.31. The van der Waals surface area contributed by atoms with Crippen LogP contribution in [0.5, 0.6) is 0 Å². The summed E-state index contributed by atoms with van der Waals surface area (Å²) >= 11 is 0. The summed E-state index contributed by atoms with van der Waals surface area (Å²) in [7, 11) is 0. The summed E-state index contributed by atoms with van der Waals surface area (Å²) in [5.41, 5.74) is 0. The Bertz CT molecular complexity index is 343. The third-order valence-corrected chi connectivity index (χ3v) is 4.21. The molecule has 1 amide bonds. The molecule has 0 aromatic carbocycles. The van der Waals surface area contributed by atoms with Crippen LogP contribution in [0.1, 0.15) is 46.5 Å². The highest BCUT2D eigenvalue weighted by Gasteiger charge is 2.42. The Hall–Kier alpha value is -1.10. The van der Waals surface area contributed by atoms with Gasteiger partial charge in [-0.05, 0) is 31.1 Å². The van der Waals surface area contributed by atoms with Gasteiger partial charge in [0.2, 0.25) is 5.91 Å². The molecule has 1 saturated carbocycles. The number of hydrogen-bond donors (Lipinski definition) is 3. The zero-order valence-electron chi connectivity index (χ0n) is 12.6. The van der Waals surface area contributed by atoms with E-state index in [-0.39, 0.29) is 18.6 Å². The summed E-state index contributed by atoms with van der Waals surface area (Å²) in [6.07, 6.45) is 2.82. The Morgan fingerprint density at radius 1 is 1.25 bits per heavy atom. The number of aliphatic carboxylic acids is 1. The number of carboxylic acids is 1. The van der Waals surface area contributed by atoms with Crippen LogP contribution in [0.4, 0.5) is 0 Å². The highest BCUT2D eigenvalue weighted by atomic mass is 16.4. The fourth-order valence-electron chi connectivity index (χ4n) is 3.10. The Labute approximate surface area is 120 Å². The van der Waals surface area contributed by atoms with Gasteiger partial charge in [0, 0.05) is 0 Å². The first kappa shape index (κ1) is 17.0. The largest absolute Gasteiger partial charge is 0.481 e. The first-order chi connectivity index (χ1) is 9.38. The van der Waals surface area contributed by atoms with Crippen molar-refractivity contribution in [2.45, 2.75) is 52.5 Å². The lowest BCUT2D eigenvalue weighted by atomic mass is 9.94. The molecule has 0 aromatic rings. The van der Waals surface area contributed by atoms with Crippen LogP contribution in [0.3, 0.4) is 0 Å². The molecule has 5 nitrogen and oxygen atoms in total. The summed E-state index contributed by atoms with van der Waals surface area (Å²) in [6, 6.07) is -0.280. The maximum atomic E-state index is 12.3. The van der Waals surface area contributed by atoms with Crippen LogP contribution in [0, 0.1) is 23.7 Å². The molecule has 0 aliphatic heterocycles. The van der Waals surface area contributed by atoms with Gasteiger partial charge in [0.25, 0.3) is 0 Å². The fourth-order valence-corrected chi connectivity index (χ4v) is 3.10. The molecular weight excluding hydrogens is 258 g/mol. The zero-order valence-corrected chi connectivity index (χ0v) is 12.6. The number of aliphatic hydroxyl groups is 1. The molecule has 1 aliphatic rings. The fraction of sp³-hybridized carbons (Fsp3) is 0.867. The van der Waals surface area contributed by atoms with Crippen LogP contribution in [0.25, 0.3) is 0 Å². The Kier molecular flexibility index (Phi) is 6.46. The zero-order chi connectivity index (χ0) is 15.3. The third-order valence-electron chi connectivity index (χ3n) is 4.21. The molecule has 0 aromatic heterocycles. The minimum absolute atomic E-state index is 0.106. The van der Waals surface area contributed by atoms with Crippen molar-refractivity contribution >= 4 is 11.9 Å². The molecule has 20 heavy (non-hydrogen) atoms. The topological polar surface area (TPSA) is 86.6 Å². The lowest BCUT2D eigenvalue weighted by Gasteiger charge is -2.22. The summed E-state index contributed by atoms with van der Waals surface area (Å²) in [6.45, 7) is 5.97. The molecule has 4 atom stereocenters. The van der Waals surface area contributed by atoms with Crippen molar-refractivity contribution in [3.63, 3.8) is 0 Å². The number of rotatable bonds is 7. The third kappa shape index (κ3) is 4.47. The van der Waals surface area contributed by atoms with E-state index in [9.17, 15) is 19.8 Å². The van der Waals surface area contributed by atoms with Gasteiger partial charge in [-0.15, -0.1) is 0 Å². The van der Waals surface area contributed by atoms with Gasteiger partial charge in [0.05, 0.1) is 24.5 Å². The van der Waals surface area contributed by atoms with E-state index >= 15 is 0 Å². The smallest absolute Gasteiger partial charge is 0.307 e. The van der Waals surface area contributed by atoms with E-state index in [1.165, 1.54) is 0 Å². The predicted molar refractivity (Wildman–Crippen MR) is 76.1 cm³/mol. The lowest BCUT2D eigenvalue weighted by Crippen LogP contribution is -2.43. The molecule has 1 aliphatic carbocycles. The standard InChI is InChI=1S/C15H27NO4/c1-4-10-6-12(13(7-10)15(19)20)14(18)16-11(8-17)5-9(2)3/h9-13,17H,4-8H2,1-3H3,(H,16,18)(H,19,20). The molecule has 1 fully saturated rings. The molecule has 116 valence electrons. The summed E-state index contributed by atoms with van der Waals surface area (Å²) < 4.78 is 0. The van der Waals surface area contributed by atoms with Gasteiger partial charge in [0.15, 0.2) is 0 Å². The number of aliphatic hydroxyl groups excluding tert-OH is 1. The van der Waals surface area contributed by atoms with Gasteiger partial charge in [0.1, 0.15) is 0 Å². The van der Waals surface area contributed by atoms with Crippen molar-refractivity contribution in [2.75, 3.05) is 6.61 Å². The molecule has 0 bridgehead atoms. The summed E-state index contributed by atoms with van der Waals surface area (Å²) in [5, 5.41) is 21.4. The van der Waals surface area contributed by atoms with Crippen LogP contribution in [-0.2, 0) is 9.59 Å². The van der Waals surface area contributed by atoms with E-state index in [4.69, 9.17) is 0 Å². The van der Waals surface area contributed by atoms with Crippen molar-refractivity contribution in [3.8, 4) is 0 Å². The number of nitrogens with one attached hydrogen (secondary N) is 1. The normalized spacial score (nSPS) is 27.6. The minimum Gasteiger partial charge on any atom is -0.481 e. The molecule has 3 N–H and O–H groups in total. The Morgan fingerprint density at radius 3 is 2.30 bits per heavy atom. The van der Waals surface area contributed by atoms with Crippen molar-refractivity contribution in [1.82, 2.24) is 5.32 Å². The monoisotopic (exact) mass is 285 g/mol. The van der Waals surface area contributed by atoms with Crippen LogP contribution in [-0.4, -0.2) is 34.7 Å². The second kappa shape index (κ2) is 7.62. The SMILES string of the molecule is CCC1CC(C(=O)O)C(C(=O)NC(CO)CC(C)C)C1. The first-order valence-electron chi connectivity index (χ1n) is 7.53. The van der Waals surface area contributed by atoms with Gasteiger partial charge in [-0.1, -0.05) is 27.2 Å². The molecule has 0 radical (unpaired) electrons. The summed E-state index contributed by atoms with van der Waals surface area (Å²) in [4.78, 5) is 23.6. The summed E-state index contributed by atoms with van der Waals surface area (Å²) in [5.74, 6) is -1.46. The number of carboxylic acid groups (broad SMARTS) is 1. The van der Waals surface area contributed by atoms with Crippen molar-refractivity contribution in [2.24, 2.45) is 23.7 Å². The van der Waals surface area contributed by atoms with Crippen molar-refractivity contribution in [1.29, 1.82) is 0 Å². The van der Waals surface area contributed by atoms with Gasteiger partial charge in [-0.2, -0.15) is 0 Å². The molecule has 0 heterocycles. The number of amides is 1. The molecular formula is C15H27NO4. The van der Waals surface area contributed by atoms with E-state index in [0.717, 1.165) is 6.42 Å². The minimum atomic E-state index is -0.884. The van der Waals surface area contributed by atoms with Crippen molar-refractivity contribution in [3.05, 3.63) is 0 Å². The van der Waals surface area contributed by atoms with E-state index in [0.29, 0.717) is 31.1 Å². The van der Waals surface area contributed by atoms with Crippen LogP contribution in [0.2, 0.25) is 0 Å². The Morgan fingerprint density at radius 2 is 1.85 bits per heavy atom. The molecule has 4 unspecified atom stereocenters. The molecule has 0 spiro atoms. The average molecular weight is 285 g/mol. The maximum absolute atomic E-state index is 12.3. The van der Waals surface area contributed by atoms with E-state index < -0.39 is 17.8 Å². The van der Waals surface area contributed by atoms with Crippen molar-refractivity contribution < 1.29 is 19.8 Å². The Balaban J connectivity index is 2.66. The highest BCUT2D eigenvalue weighted by molar-refractivity contribution is 5.85. The van der Waals surface area contributed by atoms with Gasteiger partial charge in [-0.3, -0.25) is 9.59 Å². The molecule has 0 saturated heterocycles. The highest BCUT2D eigenvalue weighted by Crippen LogP contribution is 2.38. The first-order valence-corrected chi connectivity index (χ1v) is 7.53. The maximum Gasteiger partial charge on any atom is 0.307 e. The van der Waals surface area contributed by atoms with Crippen LogP contribution >= 0.6 is 0 Å². The lowest BCUT2D eigenvalue weighted by molar-refractivity contribution is -0.146. The second-order valence-corrected chi connectivity index (χ2v) is 6.31. The molecule has 5 heteroatoms. The molecule has 1 rings (SSSR count). The van der Waals surface area contributed by atoms with Crippen LogP contribution < -0.4 is 5.32 Å². The number of carbonyl (C=O) groups excluding carboxylic acids is 1. The average Bonchev–Trinajstić information content (AvgIpc) is 2.81. The van der Waals surface area contributed by atoms with Gasteiger partial charge < -0.3 is 15.5 Å². The van der Waals surface area contributed by atoms with Crippen LogP contribution in [0.15, 0.2) is 0 Å². The number of carbonyl (C=O) groups is 2. The van der Waals surface area contributed by atoms with E-state index in [1.54, 1.807) is 0 Å². The van der Waals surface area contributed by atoms with E-state index in [2.05, 4.69) is 5.32 Å². The van der Waals surface area contributed by atoms with Gasteiger partial charge >= 0.3 is 5.97 Å². The number of hydrogen-bond acceptors (Lipinski definition) is 3. The van der Waals surface area contributed by atoms with E-state index in [1.807, 2.05) is 20.8 Å². The van der Waals surface area contributed by atoms with Gasteiger partial charge in [-0.25, -0.2) is 0 Å².